The molecule has 0 saturated heterocycles. The first-order chi connectivity index (χ1) is 8.72. The monoisotopic (exact) mass is 242 g/mol. The number of nitriles is 1. The summed E-state index contributed by atoms with van der Waals surface area (Å²) in [4.78, 5) is 0. The number of nitrogens with one attached hydrogen (secondary N) is 1. The number of halogens is 1. The Bertz CT molecular complexity index is 605. The van der Waals surface area contributed by atoms with Gasteiger partial charge in [0, 0.05) is 11.8 Å². The van der Waals surface area contributed by atoms with E-state index in [9.17, 15) is 4.39 Å². The normalized spacial score (nSPS) is 9.61. The zero-order valence-corrected chi connectivity index (χ0v) is 9.77. The third-order valence-electron chi connectivity index (χ3n) is 2.43. The fourth-order valence-electron chi connectivity index (χ4n) is 1.59. The number of benzene rings is 2. The van der Waals surface area contributed by atoms with Crippen LogP contribution in [0.1, 0.15) is 5.56 Å². The molecule has 0 bridgehead atoms. The third-order valence-corrected chi connectivity index (χ3v) is 2.43. The van der Waals surface area contributed by atoms with Crippen LogP contribution in [0.25, 0.3) is 0 Å². The van der Waals surface area contributed by atoms with Gasteiger partial charge in [-0.05, 0) is 30.3 Å². The second kappa shape index (κ2) is 5.19. The Morgan fingerprint density at radius 3 is 2.78 bits per heavy atom. The number of nitrogens with zero attached hydrogens (tertiary/aromatic N) is 1. The Morgan fingerprint density at radius 2 is 2.06 bits per heavy atom. The molecule has 0 aliphatic carbocycles. The smallest absolute Gasteiger partial charge is 0.145 e. The molecule has 3 nitrogen and oxygen atoms in total. The summed E-state index contributed by atoms with van der Waals surface area (Å²) in [6.07, 6.45) is 0. The first-order valence-corrected chi connectivity index (χ1v) is 5.33. The molecule has 0 heterocycles. The minimum atomic E-state index is -0.358. The van der Waals surface area contributed by atoms with Crippen LogP contribution < -0.4 is 10.1 Å². The van der Waals surface area contributed by atoms with Crippen molar-refractivity contribution in [3.63, 3.8) is 0 Å². The van der Waals surface area contributed by atoms with E-state index in [0.29, 0.717) is 17.0 Å². The summed E-state index contributed by atoms with van der Waals surface area (Å²) in [5, 5.41) is 11.9. The van der Waals surface area contributed by atoms with Crippen molar-refractivity contribution < 1.29 is 9.13 Å². The summed E-state index contributed by atoms with van der Waals surface area (Å²) in [6, 6.07) is 13.3. The average molecular weight is 242 g/mol. The number of rotatable bonds is 3. The topological polar surface area (TPSA) is 45.0 Å². The maximum Gasteiger partial charge on any atom is 0.145 e. The van der Waals surface area contributed by atoms with Crippen LogP contribution in [0.4, 0.5) is 15.8 Å². The lowest BCUT2D eigenvalue weighted by Gasteiger charge is -2.11. The highest BCUT2D eigenvalue weighted by atomic mass is 19.1. The minimum Gasteiger partial charge on any atom is -0.494 e. The summed E-state index contributed by atoms with van der Waals surface area (Å²) in [5.74, 6) is 0.0561. The SMILES string of the molecule is COc1cc(F)ccc1Nc1cccc(C#N)c1. The molecule has 0 unspecified atom stereocenters. The Morgan fingerprint density at radius 1 is 1.22 bits per heavy atom. The molecule has 0 amide bonds. The van der Waals surface area contributed by atoms with Gasteiger partial charge >= 0.3 is 0 Å². The molecule has 0 aliphatic heterocycles. The molecule has 0 aliphatic rings. The van der Waals surface area contributed by atoms with Gasteiger partial charge in [0.25, 0.3) is 0 Å². The summed E-state index contributed by atoms with van der Waals surface area (Å²) < 4.78 is 18.1. The predicted molar refractivity (Wildman–Crippen MR) is 67.4 cm³/mol. The van der Waals surface area contributed by atoms with Crippen molar-refractivity contribution >= 4 is 11.4 Å². The van der Waals surface area contributed by atoms with Crippen LogP contribution in [0.3, 0.4) is 0 Å². The Hall–Kier alpha value is -2.54. The fraction of sp³-hybridized carbons (Fsp3) is 0.0714. The number of ether oxygens (including phenoxy) is 1. The summed E-state index contributed by atoms with van der Waals surface area (Å²) in [6.45, 7) is 0. The number of anilines is 2. The molecule has 0 spiro atoms. The van der Waals surface area contributed by atoms with Crippen molar-refractivity contribution in [2.75, 3.05) is 12.4 Å². The molecular formula is C14H11FN2O. The Balaban J connectivity index is 2.31. The second-order valence-electron chi connectivity index (χ2n) is 3.66. The maximum absolute atomic E-state index is 13.0. The van der Waals surface area contributed by atoms with Gasteiger partial charge in [-0.25, -0.2) is 4.39 Å². The van der Waals surface area contributed by atoms with Gasteiger partial charge in [0.1, 0.15) is 11.6 Å². The average Bonchev–Trinajstić information content (AvgIpc) is 2.41. The number of hydrogen-bond donors (Lipinski definition) is 1. The van der Waals surface area contributed by atoms with E-state index in [2.05, 4.69) is 11.4 Å². The van der Waals surface area contributed by atoms with E-state index in [-0.39, 0.29) is 5.82 Å². The molecular weight excluding hydrogens is 231 g/mol. The lowest BCUT2D eigenvalue weighted by atomic mass is 10.2. The van der Waals surface area contributed by atoms with Crippen molar-refractivity contribution in [3.05, 3.63) is 53.8 Å². The molecule has 2 aromatic carbocycles. The van der Waals surface area contributed by atoms with Crippen molar-refractivity contribution in [2.45, 2.75) is 0 Å². The number of methoxy groups -OCH3 is 1. The molecule has 1 N–H and O–H groups in total. The molecule has 2 aromatic rings. The van der Waals surface area contributed by atoms with Crippen LogP contribution in [0, 0.1) is 17.1 Å². The highest BCUT2D eigenvalue weighted by molar-refractivity contribution is 5.67. The van der Waals surface area contributed by atoms with E-state index in [1.807, 2.05) is 6.07 Å². The van der Waals surface area contributed by atoms with E-state index in [1.165, 1.54) is 19.2 Å². The van der Waals surface area contributed by atoms with Crippen molar-refractivity contribution in [3.8, 4) is 11.8 Å². The van der Waals surface area contributed by atoms with Crippen LogP contribution in [-0.2, 0) is 0 Å². The molecule has 18 heavy (non-hydrogen) atoms. The van der Waals surface area contributed by atoms with Crippen LogP contribution in [0.5, 0.6) is 5.75 Å². The molecule has 0 radical (unpaired) electrons. The molecule has 0 aromatic heterocycles. The number of hydrogen-bond acceptors (Lipinski definition) is 3. The van der Waals surface area contributed by atoms with Crippen molar-refractivity contribution in [1.82, 2.24) is 0 Å². The second-order valence-corrected chi connectivity index (χ2v) is 3.66. The lowest BCUT2D eigenvalue weighted by molar-refractivity contribution is 0.413. The Kier molecular flexibility index (Phi) is 3.44. The molecule has 4 heteroatoms. The standard InChI is InChI=1S/C14H11FN2O/c1-18-14-8-11(15)5-6-13(14)17-12-4-2-3-10(7-12)9-16/h2-8,17H,1H3. The Labute approximate surface area is 104 Å². The van der Waals surface area contributed by atoms with Gasteiger partial charge in [-0.15, -0.1) is 0 Å². The van der Waals surface area contributed by atoms with E-state index in [4.69, 9.17) is 10.00 Å². The van der Waals surface area contributed by atoms with E-state index in [1.54, 1.807) is 24.3 Å². The van der Waals surface area contributed by atoms with Crippen molar-refractivity contribution in [1.29, 1.82) is 5.26 Å². The van der Waals surface area contributed by atoms with Crippen LogP contribution in [0.15, 0.2) is 42.5 Å². The molecule has 2 rings (SSSR count). The van der Waals surface area contributed by atoms with Gasteiger partial charge in [0.15, 0.2) is 0 Å². The maximum atomic E-state index is 13.0. The van der Waals surface area contributed by atoms with Gasteiger partial charge in [0.2, 0.25) is 0 Å². The van der Waals surface area contributed by atoms with Gasteiger partial charge < -0.3 is 10.1 Å². The molecule has 0 atom stereocenters. The van der Waals surface area contributed by atoms with Gasteiger partial charge in [-0.3, -0.25) is 0 Å². The molecule has 0 saturated carbocycles. The third kappa shape index (κ3) is 2.58. The highest BCUT2D eigenvalue weighted by Gasteiger charge is 2.05. The van der Waals surface area contributed by atoms with E-state index in [0.717, 1.165) is 5.69 Å². The van der Waals surface area contributed by atoms with Gasteiger partial charge in [-0.2, -0.15) is 5.26 Å². The van der Waals surface area contributed by atoms with E-state index < -0.39 is 0 Å². The predicted octanol–water partition coefficient (Wildman–Crippen LogP) is 3.45. The lowest BCUT2D eigenvalue weighted by Crippen LogP contribution is -1.95. The van der Waals surface area contributed by atoms with Crippen LogP contribution in [0.2, 0.25) is 0 Å². The first-order valence-electron chi connectivity index (χ1n) is 5.33. The van der Waals surface area contributed by atoms with Crippen molar-refractivity contribution in [2.24, 2.45) is 0 Å². The summed E-state index contributed by atoms with van der Waals surface area (Å²) in [7, 11) is 1.48. The largest absolute Gasteiger partial charge is 0.494 e. The summed E-state index contributed by atoms with van der Waals surface area (Å²) in [5.41, 5.74) is 1.95. The molecule has 90 valence electrons. The van der Waals surface area contributed by atoms with Gasteiger partial charge in [0.05, 0.1) is 24.4 Å². The zero-order valence-electron chi connectivity index (χ0n) is 9.77. The minimum absolute atomic E-state index is 0.358. The van der Waals surface area contributed by atoms with Gasteiger partial charge in [-0.1, -0.05) is 6.07 Å². The first kappa shape index (κ1) is 11.9. The van der Waals surface area contributed by atoms with Crippen LogP contribution in [-0.4, -0.2) is 7.11 Å². The quantitative estimate of drug-likeness (QED) is 0.896. The zero-order chi connectivity index (χ0) is 13.0. The van der Waals surface area contributed by atoms with Crippen LogP contribution >= 0.6 is 0 Å². The van der Waals surface area contributed by atoms with E-state index >= 15 is 0 Å². The molecule has 0 fully saturated rings. The summed E-state index contributed by atoms with van der Waals surface area (Å²) >= 11 is 0. The highest BCUT2D eigenvalue weighted by Crippen LogP contribution is 2.28. The fourth-order valence-corrected chi connectivity index (χ4v) is 1.59.